The number of methoxy groups -OCH3 is 1. The lowest BCUT2D eigenvalue weighted by molar-refractivity contribution is -0.385. The Labute approximate surface area is 120 Å². The Morgan fingerprint density at radius 3 is 2.19 bits per heavy atom. The van der Waals surface area contributed by atoms with E-state index in [4.69, 9.17) is 4.74 Å². The first-order valence-electron chi connectivity index (χ1n) is 6.01. The van der Waals surface area contributed by atoms with Crippen molar-refractivity contribution in [3.05, 3.63) is 69.8 Å². The molecular formula is C15H11NO5. The molecule has 0 radical (unpaired) electrons. The lowest BCUT2D eigenvalue weighted by Gasteiger charge is -2.03. The van der Waals surface area contributed by atoms with Gasteiger partial charge >= 0.3 is 0 Å². The first-order valence-corrected chi connectivity index (χ1v) is 6.01. The van der Waals surface area contributed by atoms with Crippen LogP contribution in [0.15, 0.2) is 48.5 Å². The summed E-state index contributed by atoms with van der Waals surface area (Å²) in [6.07, 6.45) is 0. The van der Waals surface area contributed by atoms with Gasteiger partial charge in [0.05, 0.1) is 12.0 Å². The van der Waals surface area contributed by atoms with Crippen LogP contribution in [0.3, 0.4) is 0 Å². The van der Waals surface area contributed by atoms with Crippen LogP contribution in [0, 0.1) is 10.1 Å². The number of ether oxygens (including phenoxy) is 1. The van der Waals surface area contributed by atoms with E-state index >= 15 is 0 Å². The smallest absolute Gasteiger partial charge is 0.280 e. The maximum Gasteiger partial charge on any atom is 0.280 e. The lowest BCUT2D eigenvalue weighted by atomic mass is 10.0. The number of benzene rings is 2. The maximum atomic E-state index is 12.1. The molecule has 0 aromatic heterocycles. The van der Waals surface area contributed by atoms with Crippen LogP contribution >= 0.6 is 0 Å². The zero-order chi connectivity index (χ0) is 15.4. The summed E-state index contributed by atoms with van der Waals surface area (Å²) in [5, 5.41) is 10.9. The quantitative estimate of drug-likeness (QED) is 0.365. The summed E-state index contributed by atoms with van der Waals surface area (Å²) in [6.45, 7) is 0. The molecule has 0 heterocycles. The molecule has 0 saturated carbocycles. The molecular weight excluding hydrogens is 274 g/mol. The predicted molar refractivity (Wildman–Crippen MR) is 74.8 cm³/mol. The van der Waals surface area contributed by atoms with E-state index in [1.54, 1.807) is 12.1 Å². The normalized spacial score (nSPS) is 9.95. The van der Waals surface area contributed by atoms with E-state index < -0.39 is 16.5 Å². The van der Waals surface area contributed by atoms with Crippen LogP contribution in [0.25, 0.3) is 0 Å². The number of hydrogen-bond acceptors (Lipinski definition) is 5. The topological polar surface area (TPSA) is 86.5 Å². The van der Waals surface area contributed by atoms with Gasteiger partial charge in [-0.05, 0) is 30.3 Å². The molecule has 0 spiro atoms. The fraction of sp³-hybridized carbons (Fsp3) is 0.0667. The largest absolute Gasteiger partial charge is 0.497 e. The van der Waals surface area contributed by atoms with Gasteiger partial charge in [0.15, 0.2) is 0 Å². The maximum absolute atomic E-state index is 12.1. The van der Waals surface area contributed by atoms with Gasteiger partial charge in [-0.2, -0.15) is 0 Å². The molecule has 21 heavy (non-hydrogen) atoms. The first kappa shape index (κ1) is 14.4. The molecule has 0 saturated heterocycles. The monoisotopic (exact) mass is 285 g/mol. The third-order valence-corrected chi connectivity index (χ3v) is 2.90. The number of nitro benzene ring substituents is 1. The second-order valence-corrected chi connectivity index (χ2v) is 4.16. The highest BCUT2D eigenvalue weighted by atomic mass is 16.6. The van der Waals surface area contributed by atoms with Crippen molar-refractivity contribution in [1.82, 2.24) is 0 Å². The second-order valence-electron chi connectivity index (χ2n) is 4.16. The average Bonchev–Trinajstić information content (AvgIpc) is 2.53. The number of nitrogens with zero attached hydrogens (tertiary/aromatic N) is 1. The standard InChI is InChI=1S/C15H11NO5/c1-21-11-8-6-10(7-9-11)14(17)15(18)12-4-2-3-5-13(12)16(19)20/h2-9H,1H3. The van der Waals surface area contributed by atoms with Crippen LogP contribution < -0.4 is 4.74 Å². The van der Waals surface area contributed by atoms with Crippen molar-refractivity contribution < 1.29 is 19.2 Å². The number of nitro groups is 1. The number of para-hydroxylation sites is 1. The van der Waals surface area contributed by atoms with E-state index in [-0.39, 0.29) is 16.8 Å². The predicted octanol–water partition coefficient (Wildman–Crippen LogP) is 2.67. The Bertz CT molecular complexity index is 706. The van der Waals surface area contributed by atoms with Gasteiger partial charge in [0.2, 0.25) is 11.6 Å². The van der Waals surface area contributed by atoms with Crippen LogP contribution in [0.2, 0.25) is 0 Å². The Hall–Kier alpha value is -3.02. The zero-order valence-corrected chi connectivity index (χ0v) is 11.1. The molecule has 2 aromatic carbocycles. The van der Waals surface area contributed by atoms with Crippen molar-refractivity contribution in [3.8, 4) is 5.75 Å². The molecule has 6 nitrogen and oxygen atoms in total. The van der Waals surface area contributed by atoms with Crippen LogP contribution in [0.5, 0.6) is 5.75 Å². The first-order chi connectivity index (χ1) is 10.0. The van der Waals surface area contributed by atoms with Gasteiger partial charge < -0.3 is 4.74 Å². The summed E-state index contributed by atoms with van der Waals surface area (Å²) in [6, 6.07) is 11.3. The molecule has 0 unspecified atom stereocenters. The van der Waals surface area contributed by atoms with Crippen molar-refractivity contribution in [2.45, 2.75) is 0 Å². The molecule has 6 heteroatoms. The Morgan fingerprint density at radius 1 is 1.00 bits per heavy atom. The third-order valence-electron chi connectivity index (χ3n) is 2.90. The number of Topliss-reactive ketones (excluding diaryl/α,β-unsaturated/α-hetero) is 2. The molecule has 0 aliphatic heterocycles. The van der Waals surface area contributed by atoms with Crippen molar-refractivity contribution in [1.29, 1.82) is 0 Å². The van der Waals surface area contributed by atoms with Gasteiger partial charge in [0.1, 0.15) is 11.3 Å². The second kappa shape index (κ2) is 5.96. The van der Waals surface area contributed by atoms with Crippen LogP contribution in [0.1, 0.15) is 20.7 Å². The Kier molecular flexibility index (Phi) is 4.08. The van der Waals surface area contributed by atoms with E-state index in [9.17, 15) is 19.7 Å². The minimum Gasteiger partial charge on any atom is -0.497 e. The van der Waals surface area contributed by atoms with Crippen molar-refractivity contribution >= 4 is 17.3 Å². The van der Waals surface area contributed by atoms with Crippen molar-refractivity contribution in [2.75, 3.05) is 7.11 Å². The lowest BCUT2D eigenvalue weighted by Crippen LogP contribution is -2.16. The minimum absolute atomic E-state index is 0.152. The third kappa shape index (κ3) is 2.94. The highest BCUT2D eigenvalue weighted by Crippen LogP contribution is 2.20. The number of carbonyl (C=O) groups is 2. The molecule has 0 aliphatic rings. The van der Waals surface area contributed by atoms with E-state index in [0.29, 0.717) is 5.75 Å². The number of rotatable bonds is 5. The van der Waals surface area contributed by atoms with E-state index in [1.807, 2.05) is 0 Å². The Balaban J connectivity index is 2.35. The molecule has 0 N–H and O–H groups in total. The molecule has 0 amide bonds. The van der Waals surface area contributed by atoms with Gasteiger partial charge in [-0.15, -0.1) is 0 Å². The number of hydrogen-bond donors (Lipinski definition) is 0. The summed E-state index contributed by atoms with van der Waals surface area (Å²) < 4.78 is 4.96. The highest BCUT2D eigenvalue weighted by molar-refractivity contribution is 6.49. The molecule has 2 rings (SSSR count). The Morgan fingerprint density at radius 2 is 1.62 bits per heavy atom. The van der Waals surface area contributed by atoms with Gasteiger partial charge in [-0.25, -0.2) is 0 Å². The minimum atomic E-state index is -0.910. The fourth-order valence-corrected chi connectivity index (χ4v) is 1.82. The zero-order valence-electron chi connectivity index (χ0n) is 11.1. The SMILES string of the molecule is COc1ccc(C(=O)C(=O)c2ccccc2[N+](=O)[O-])cc1. The van der Waals surface area contributed by atoms with E-state index in [2.05, 4.69) is 0 Å². The summed E-state index contributed by atoms with van der Waals surface area (Å²) in [5.74, 6) is -1.16. The fourth-order valence-electron chi connectivity index (χ4n) is 1.82. The average molecular weight is 285 g/mol. The summed E-state index contributed by atoms with van der Waals surface area (Å²) in [5.41, 5.74) is -0.452. The van der Waals surface area contributed by atoms with Crippen molar-refractivity contribution in [2.24, 2.45) is 0 Å². The van der Waals surface area contributed by atoms with Crippen LogP contribution in [-0.4, -0.2) is 23.6 Å². The molecule has 2 aromatic rings. The van der Waals surface area contributed by atoms with Gasteiger partial charge in [0.25, 0.3) is 5.69 Å². The summed E-state index contributed by atoms with van der Waals surface area (Å²) >= 11 is 0. The molecule has 0 bridgehead atoms. The van der Waals surface area contributed by atoms with Crippen LogP contribution in [0.4, 0.5) is 5.69 Å². The van der Waals surface area contributed by atoms with E-state index in [0.717, 1.165) is 0 Å². The van der Waals surface area contributed by atoms with Crippen LogP contribution in [-0.2, 0) is 0 Å². The van der Waals surface area contributed by atoms with Crippen molar-refractivity contribution in [3.63, 3.8) is 0 Å². The molecule has 0 aliphatic carbocycles. The van der Waals surface area contributed by atoms with Gasteiger partial charge in [0, 0.05) is 11.6 Å². The highest BCUT2D eigenvalue weighted by Gasteiger charge is 2.25. The van der Waals surface area contributed by atoms with E-state index in [1.165, 1.54) is 43.5 Å². The molecule has 106 valence electrons. The van der Waals surface area contributed by atoms with Gasteiger partial charge in [-0.3, -0.25) is 19.7 Å². The summed E-state index contributed by atoms with van der Waals surface area (Å²) in [7, 11) is 1.48. The van der Waals surface area contributed by atoms with Gasteiger partial charge in [-0.1, -0.05) is 12.1 Å². The number of carbonyl (C=O) groups excluding carboxylic acids is 2. The summed E-state index contributed by atoms with van der Waals surface area (Å²) in [4.78, 5) is 34.5. The number of ketones is 2. The molecule has 0 atom stereocenters. The molecule has 0 fully saturated rings.